The quantitative estimate of drug-likeness (QED) is 0.375. The van der Waals surface area contributed by atoms with Crippen molar-refractivity contribution in [2.75, 3.05) is 0 Å². The van der Waals surface area contributed by atoms with Crippen LogP contribution in [0.1, 0.15) is 85.0 Å². The van der Waals surface area contributed by atoms with Crippen molar-refractivity contribution in [1.82, 2.24) is 0 Å². The molecule has 1 aliphatic heterocycles. The van der Waals surface area contributed by atoms with E-state index in [0.29, 0.717) is 23.7 Å². The molecule has 0 aromatic heterocycles. The van der Waals surface area contributed by atoms with Crippen molar-refractivity contribution in [2.45, 2.75) is 102 Å². The molecule has 0 bridgehead atoms. The number of hydrogen-bond donors (Lipinski definition) is 0. The molecule has 5 aliphatic rings. The van der Waals surface area contributed by atoms with Gasteiger partial charge in [0.05, 0.1) is 17.0 Å². The Labute approximate surface area is 181 Å². The van der Waals surface area contributed by atoms with E-state index in [1.54, 1.807) is 0 Å². The molecule has 5 rings (SSSR count). The van der Waals surface area contributed by atoms with E-state index in [1.165, 1.54) is 0 Å². The van der Waals surface area contributed by atoms with Gasteiger partial charge in [0.15, 0.2) is 0 Å². The summed E-state index contributed by atoms with van der Waals surface area (Å²) in [4.78, 5) is 0. The molecule has 9 heteroatoms. The molecule has 0 N–H and O–H groups in total. The summed E-state index contributed by atoms with van der Waals surface area (Å²) in [6.45, 7) is 6.46. The number of rotatable bonds is 5. The van der Waals surface area contributed by atoms with E-state index in [2.05, 4.69) is 20.8 Å². The molecule has 6 nitrogen and oxygen atoms in total. The van der Waals surface area contributed by atoms with Crippen LogP contribution in [0.15, 0.2) is 0 Å². The van der Waals surface area contributed by atoms with Crippen molar-refractivity contribution < 1.29 is 26.6 Å². The topological polar surface area (TPSA) is 78.9 Å². The molecule has 0 amide bonds. The van der Waals surface area contributed by atoms with Crippen molar-refractivity contribution in [3.63, 3.8) is 0 Å². The Bertz CT molecular complexity index is 782. The van der Waals surface area contributed by atoms with Crippen LogP contribution >= 0.6 is 22.8 Å². The van der Waals surface area contributed by atoms with E-state index >= 15 is 0 Å². The first kappa shape index (κ1) is 22.4. The van der Waals surface area contributed by atoms with Crippen LogP contribution in [-0.2, 0) is 26.6 Å². The molecule has 10 atom stereocenters. The number of fused-ring (bicyclic) bond motifs is 1. The monoisotopic (exact) mass is 478 g/mol. The minimum absolute atomic E-state index is 0.269. The minimum Gasteiger partial charge on any atom is -0.259 e. The highest BCUT2D eigenvalue weighted by molar-refractivity contribution is 7.81. The number of hydrogen-bond acceptors (Lipinski definition) is 6. The Hall–Kier alpha value is 0.570. The normalized spacial score (nSPS) is 58.1. The molecule has 4 saturated carbocycles. The van der Waals surface area contributed by atoms with Gasteiger partial charge < -0.3 is 0 Å². The second-order valence-electron chi connectivity index (χ2n) is 10.6. The molecule has 1 saturated heterocycles. The van der Waals surface area contributed by atoms with Gasteiger partial charge in [-0.15, -0.1) is 0 Å². The SMILES string of the molecule is CCC1CCC(P2(=O)OP(=O)(C3CCC(CC)C3)OP(=O)(C3CCC4C(C)C43)O2)C1. The van der Waals surface area contributed by atoms with Gasteiger partial charge in [-0.3, -0.25) is 13.7 Å². The lowest BCUT2D eigenvalue weighted by atomic mass is 10.1. The van der Waals surface area contributed by atoms with E-state index in [0.717, 1.165) is 64.2 Å². The zero-order valence-electron chi connectivity index (χ0n) is 18.5. The Morgan fingerprint density at radius 1 is 0.700 bits per heavy atom. The summed E-state index contributed by atoms with van der Waals surface area (Å²) in [6, 6.07) is 0. The molecular weight excluding hydrogens is 441 g/mol. The lowest BCUT2D eigenvalue weighted by molar-refractivity contribution is 0.254. The summed E-state index contributed by atoms with van der Waals surface area (Å²) in [5, 5.41) is 0. The average Bonchev–Trinajstić information content (AvgIpc) is 3.25. The van der Waals surface area contributed by atoms with Gasteiger partial charge in [-0.25, -0.2) is 12.9 Å². The molecule has 172 valence electrons. The molecule has 0 aromatic rings. The molecule has 4 aliphatic carbocycles. The molecule has 10 unspecified atom stereocenters. The highest BCUT2D eigenvalue weighted by atomic mass is 31.3. The average molecular weight is 478 g/mol. The van der Waals surface area contributed by atoms with Gasteiger partial charge in [0.2, 0.25) is 0 Å². The van der Waals surface area contributed by atoms with E-state index in [9.17, 15) is 13.7 Å². The summed E-state index contributed by atoms with van der Waals surface area (Å²) >= 11 is 0. The van der Waals surface area contributed by atoms with Gasteiger partial charge in [-0.1, -0.05) is 33.6 Å². The van der Waals surface area contributed by atoms with Gasteiger partial charge in [0.25, 0.3) is 0 Å². The molecule has 30 heavy (non-hydrogen) atoms. The zero-order valence-corrected chi connectivity index (χ0v) is 21.2. The van der Waals surface area contributed by atoms with Gasteiger partial charge >= 0.3 is 22.8 Å². The van der Waals surface area contributed by atoms with Gasteiger partial charge in [-0.05, 0) is 81.0 Å². The van der Waals surface area contributed by atoms with E-state index < -0.39 is 22.8 Å². The first-order chi connectivity index (χ1) is 14.2. The first-order valence-corrected chi connectivity index (χ1v) is 17.0. The molecule has 5 fully saturated rings. The lowest BCUT2D eigenvalue weighted by Gasteiger charge is -2.40. The largest absolute Gasteiger partial charge is 0.348 e. The van der Waals surface area contributed by atoms with E-state index in [1.807, 2.05) is 0 Å². The van der Waals surface area contributed by atoms with E-state index in [4.69, 9.17) is 12.9 Å². The first-order valence-electron chi connectivity index (χ1n) is 12.1. The molecular formula is C21H37O6P3. The second-order valence-corrected chi connectivity index (χ2v) is 17.9. The Kier molecular flexibility index (Phi) is 5.83. The second kappa shape index (κ2) is 7.82. The highest BCUT2D eigenvalue weighted by Crippen LogP contribution is 2.89. The summed E-state index contributed by atoms with van der Waals surface area (Å²) < 4.78 is 60.3. The van der Waals surface area contributed by atoms with Crippen LogP contribution in [0.2, 0.25) is 0 Å². The van der Waals surface area contributed by atoms with Crippen LogP contribution in [0.3, 0.4) is 0 Å². The minimum atomic E-state index is -3.77. The van der Waals surface area contributed by atoms with Crippen LogP contribution < -0.4 is 0 Å². The maximum Gasteiger partial charge on any atom is 0.348 e. The molecule has 0 spiro atoms. The third kappa shape index (κ3) is 3.61. The highest BCUT2D eigenvalue weighted by Gasteiger charge is 2.68. The Balaban J connectivity index is 1.47. The third-order valence-corrected chi connectivity index (χ3v) is 18.6. The fourth-order valence-electron chi connectivity index (χ4n) is 6.92. The summed E-state index contributed by atoms with van der Waals surface area (Å²) in [5.74, 6) is 2.29. The molecule has 1 heterocycles. The summed E-state index contributed by atoms with van der Waals surface area (Å²) in [6.07, 6.45) is 8.68. The molecule has 0 aromatic carbocycles. The maximum atomic E-state index is 14.2. The zero-order chi connectivity index (χ0) is 21.3. The van der Waals surface area contributed by atoms with E-state index in [-0.39, 0.29) is 22.9 Å². The molecule has 0 radical (unpaired) electrons. The van der Waals surface area contributed by atoms with Crippen molar-refractivity contribution in [1.29, 1.82) is 0 Å². The summed E-state index contributed by atoms with van der Waals surface area (Å²) in [5.41, 5.74) is -0.870. The summed E-state index contributed by atoms with van der Waals surface area (Å²) in [7, 11) is -11.3. The van der Waals surface area contributed by atoms with Crippen LogP contribution in [0, 0.1) is 29.6 Å². The predicted molar refractivity (Wildman–Crippen MR) is 118 cm³/mol. The van der Waals surface area contributed by atoms with Crippen LogP contribution in [-0.4, -0.2) is 17.0 Å². The van der Waals surface area contributed by atoms with Crippen molar-refractivity contribution in [2.24, 2.45) is 29.6 Å². The van der Waals surface area contributed by atoms with Gasteiger partial charge in [0, 0.05) is 0 Å². The van der Waals surface area contributed by atoms with Crippen LogP contribution in [0.25, 0.3) is 0 Å². The van der Waals surface area contributed by atoms with Crippen LogP contribution in [0.5, 0.6) is 0 Å². The fourth-order valence-corrected chi connectivity index (χ4v) is 18.4. The van der Waals surface area contributed by atoms with Gasteiger partial charge in [0.1, 0.15) is 0 Å². The predicted octanol–water partition coefficient (Wildman–Crippen LogP) is 7.83. The third-order valence-electron chi connectivity index (χ3n) is 9.04. The van der Waals surface area contributed by atoms with Crippen molar-refractivity contribution in [3.05, 3.63) is 0 Å². The van der Waals surface area contributed by atoms with Crippen LogP contribution in [0.4, 0.5) is 0 Å². The maximum absolute atomic E-state index is 14.2. The smallest absolute Gasteiger partial charge is 0.259 e. The van der Waals surface area contributed by atoms with Gasteiger partial charge in [-0.2, -0.15) is 0 Å². The fraction of sp³-hybridized carbons (Fsp3) is 1.00. The van der Waals surface area contributed by atoms with Crippen molar-refractivity contribution in [3.8, 4) is 0 Å². The Morgan fingerprint density at radius 3 is 1.60 bits per heavy atom. The van der Waals surface area contributed by atoms with Crippen molar-refractivity contribution >= 4 is 22.8 Å². The standard InChI is InChI=1S/C21H37O6P3/c1-4-15-6-8-17(12-15)28(22)25-29(23,18-9-7-16(5-2)13-18)27-30(24,26-28)20-11-10-19-14(3)21(19)20/h14-21H,4-13H2,1-3H3. The lowest BCUT2D eigenvalue weighted by Crippen LogP contribution is -2.23. The Morgan fingerprint density at radius 2 is 1.20 bits per heavy atom.